The van der Waals surface area contributed by atoms with Crippen molar-refractivity contribution in [3.8, 4) is 28.3 Å². The molecule has 238 valence electrons. The van der Waals surface area contributed by atoms with Gasteiger partial charge < -0.3 is 25.3 Å². The third kappa shape index (κ3) is 5.60. The number of rotatable bonds is 8. The van der Waals surface area contributed by atoms with E-state index >= 15 is 4.39 Å². The summed E-state index contributed by atoms with van der Waals surface area (Å²) in [5.41, 5.74) is 3.18. The Morgan fingerprint density at radius 2 is 1.80 bits per heavy atom. The highest BCUT2D eigenvalue weighted by Gasteiger charge is 2.30. The van der Waals surface area contributed by atoms with Gasteiger partial charge in [-0.3, -0.25) is 19.0 Å². The van der Waals surface area contributed by atoms with E-state index in [0.29, 0.717) is 52.5 Å². The van der Waals surface area contributed by atoms with Crippen molar-refractivity contribution in [2.75, 3.05) is 19.0 Å². The van der Waals surface area contributed by atoms with Crippen molar-refractivity contribution >= 4 is 17.5 Å². The highest BCUT2D eigenvalue weighted by Crippen LogP contribution is 2.41. The lowest BCUT2D eigenvalue weighted by atomic mass is 9.95. The van der Waals surface area contributed by atoms with Gasteiger partial charge in [-0.05, 0) is 61.1 Å². The fourth-order valence-electron chi connectivity index (χ4n) is 6.37. The molecule has 11 nitrogen and oxygen atoms in total. The number of fused-ring (bicyclic) bond motifs is 1. The summed E-state index contributed by atoms with van der Waals surface area (Å²) in [5, 5.41) is 9.28. The van der Waals surface area contributed by atoms with Gasteiger partial charge >= 0.3 is 5.69 Å². The molecule has 3 heterocycles. The monoisotopic (exact) mass is 626 g/mol. The van der Waals surface area contributed by atoms with Crippen LogP contribution in [0.4, 0.5) is 10.1 Å². The fraction of sp³-hybridized carbons (Fsp3) is 0.324. The number of carbonyl (C=O) groups excluding carboxylic acids is 2. The Morgan fingerprint density at radius 1 is 1.07 bits per heavy atom. The smallest absolute Gasteiger partial charge is 0.330 e. The zero-order chi connectivity index (χ0) is 32.7. The first-order chi connectivity index (χ1) is 22.1. The topological polar surface area (TPSA) is 136 Å². The molecule has 0 spiro atoms. The molecule has 46 heavy (non-hydrogen) atoms. The first-order valence-corrected chi connectivity index (χ1v) is 15.1. The van der Waals surface area contributed by atoms with Gasteiger partial charge in [0.2, 0.25) is 11.8 Å². The van der Waals surface area contributed by atoms with E-state index in [1.54, 1.807) is 50.4 Å². The maximum atomic E-state index is 16.4. The van der Waals surface area contributed by atoms with Gasteiger partial charge in [0.1, 0.15) is 11.4 Å². The maximum Gasteiger partial charge on any atom is 0.330 e. The number of aromatic nitrogens is 3. The molecule has 2 amide bonds. The molecule has 0 bridgehead atoms. The maximum absolute atomic E-state index is 16.4. The minimum absolute atomic E-state index is 0.0155. The van der Waals surface area contributed by atoms with Crippen LogP contribution >= 0.6 is 0 Å². The second kappa shape index (κ2) is 12.4. The van der Waals surface area contributed by atoms with E-state index in [-0.39, 0.29) is 23.6 Å². The van der Waals surface area contributed by atoms with E-state index < -0.39 is 23.0 Å². The fourth-order valence-corrected chi connectivity index (χ4v) is 6.37. The zero-order valence-electron chi connectivity index (χ0n) is 26.1. The Morgan fingerprint density at radius 3 is 2.54 bits per heavy atom. The number of hydrogen-bond donors (Lipinski definition) is 3. The predicted molar refractivity (Wildman–Crippen MR) is 171 cm³/mol. The summed E-state index contributed by atoms with van der Waals surface area (Å²) in [6.07, 6.45) is 4.16. The molecule has 12 heteroatoms. The molecule has 4 aromatic rings. The Kier molecular flexibility index (Phi) is 8.30. The number of carbonyl (C=O) groups is 2. The van der Waals surface area contributed by atoms with E-state index in [1.165, 1.54) is 20.3 Å². The number of benzene rings is 2. The van der Waals surface area contributed by atoms with Crippen molar-refractivity contribution in [3.63, 3.8) is 0 Å². The van der Waals surface area contributed by atoms with Crippen LogP contribution in [0, 0.1) is 12.7 Å². The molecular weight excluding hydrogens is 591 g/mol. The first kappa shape index (κ1) is 30.9. The molecule has 3 N–H and O–H groups in total. The largest absolute Gasteiger partial charge is 0.481 e. The van der Waals surface area contributed by atoms with Crippen LogP contribution in [0.3, 0.4) is 0 Å². The average molecular weight is 627 g/mol. The average Bonchev–Trinajstić information content (AvgIpc) is 3.66. The van der Waals surface area contributed by atoms with Crippen LogP contribution in [-0.2, 0) is 25.3 Å². The molecule has 1 fully saturated rings. The van der Waals surface area contributed by atoms with E-state index in [9.17, 15) is 19.2 Å². The summed E-state index contributed by atoms with van der Waals surface area (Å²) >= 11 is 0. The molecule has 6 rings (SSSR count). The van der Waals surface area contributed by atoms with Crippen molar-refractivity contribution < 1.29 is 18.7 Å². The molecule has 0 saturated carbocycles. The minimum atomic E-state index is -0.713. The summed E-state index contributed by atoms with van der Waals surface area (Å²) in [6, 6.07) is 12.3. The van der Waals surface area contributed by atoms with Crippen LogP contribution < -0.4 is 31.9 Å². The summed E-state index contributed by atoms with van der Waals surface area (Å²) in [6.45, 7) is 2.41. The quantitative estimate of drug-likeness (QED) is 0.273. The molecule has 0 radical (unpaired) electrons. The van der Waals surface area contributed by atoms with Gasteiger partial charge in [-0.25, -0.2) is 14.2 Å². The number of hydrogen-bond acceptors (Lipinski definition) is 7. The van der Waals surface area contributed by atoms with Crippen molar-refractivity contribution in [2.24, 2.45) is 14.1 Å². The molecule has 1 aliphatic heterocycles. The van der Waals surface area contributed by atoms with Gasteiger partial charge in [-0.1, -0.05) is 24.3 Å². The molecule has 2 atom stereocenters. The number of pyridine rings is 1. The summed E-state index contributed by atoms with van der Waals surface area (Å²) < 4.78 is 24.1. The molecule has 2 aliphatic rings. The molecule has 1 aliphatic carbocycles. The second-order valence-electron chi connectivity index (χ2n) is 11.8. The molecule has 0 unspecified atom stereocenters. The number of nitrogens with one attached hydrogen (secondary N) is 3. The summed E-state index contributed by atoms with van der Waals surface area (Å²) in [4.78, 5) is 54.1. The summed E-state index contributed by atoms with van der Waals surface area (Å²) in [5.74, 6) is -0.638. The minimum Gasteiger partial charge on any atom is -0.481 e. The van der Waals surface area contributed by atoms with Crippen molar-refractivity contribution in [2.45, 2.75) is 44.7 Å². The third-order valence-electron chi connectivity index (χ3n) is 8.89. The van der Waals surface area contributed by atoms with Crippen molar-refractivity contribution in [3.05, 3.63) is 97.6 Å². The van der Waals surface area contributed by atoms with Gasteiger partial charge in [0.25, 0.3) is 11.5 Å². The predicted octanol–water partition coefficient (Wildman–Crippen LogP) is 3.38. The number of aryl methyl sites for hydroxylation is 2. The Labute approximate surface area is 264 Å². The SMILES string of the molecule is COc1nc(-c2cccc(-c3cccc(NC(=O)c4cn(C)c(=O)n(C)c4=O)c3C)c2F)cc2c1[C@@H](NC[C@@H]1CCC(=O)N1)CC2. The lowest BCUT2D eigenvalue weighted by Crippen LogP contribution is -2.40. The Bertz CT molecular complexity index is 2000. The lowest BCUT2D eigenvalue weighted by Gasteiger charge is -2.20. The normalized spacial score (nSPS) is 17.1. The first-order valence-electron chi connectivity index (χ1n) is 15.1. The van der Waals surface area contributed by atoms with Crippen LogP contribution in [0.25, 0.3) is 22.4 Å². The number of ether oxygens (including phenoxy) is 1. The van der Waals surface area contributed by atoms with Crippen LogP contribution in [-0.4, -0.2) is 45.6 Å². The number of methoxy groups -OCH3 is 1. The molecule has 2 aromatic carbocycles. The van der Waals surface area contributed by atoms with Gasteiger partial charge in [-0.2, -0.15) is 0 Å². The molecule has 2 aromatic heterocycles. The highest BCUT2D eigenvalue weighted by atomic mass is 19.1. The molecule has 1 saturated heterocycles. The number of amides is 2. The van der Waals surface area contributed by atoms with E-state index in [4.69, 9.17) is 9.72 Å². The van der Waals surface area contributed by atoms with E-state index in [0.717, 1.165) is 39.5 Å². The standard InChI is InChI=1S/C34H35FN6O5/c1-18-21(7-6-10-25(18)38-31(43)24-17-40(2)34(45)41(3)33(24)44)22-8-5-9-23(30(22)35)27-15-19-11-13-26(29(19)32(39-27)46-4)36-16-20-12-14-28(42)37-20/h5-10,15,17,20,26,36H,11-14,16H2,1-4H3,(H,37,42)(H,38,43)/t20-,26-/m0/s1. The Hall–Kier alpha value is -5.10. The highest BCUT2D eigenvalue weighted by molar-refractivity contribution is 6.04. The second-order valence-corrected chi connectivity index (χ2v) is 11.8. The van der Waals surface area contributed by atoms with E-state index in [1.807, 2.05) is 6.07 Å². The van der Waals surface area contributed by atoms with Crippen LogP contribution in [0.2, 0.25) is 0 Å². The summed E-state index contributed by atoms with van der Waals surface area (Å²) in [7, 11) is 4.32. The lowest BCUT2D eigenvalue weighted by molar-refractivity contribution is -0.119. The van der Waals surface area contributed by atoms with E-state index in [2.05, 4.69) is 16.0 Å². The van der Waals surface area contributed by atoms with Gasteiger partial charge in [-0.15, -0.1) is 0 Å². The number of anilines is 1. The Balaban J connectivity index is 1.29. The zero-order valence-corrected chi connectivity index (χ0v) is 26.1. The van der Waals surface area contributed by atoms with Gasteiger partial charge in [0.15, 0.2) is 0 Å². The van der Waals surface area contributed by atoms with Crippen LogP contribution in [0.1, 0.15) is 52.4 Å². The molecular formula is C34H35FN6O5. The van der Waals surface area contributed by atoms with Gasteiger partial charge in [0, 0.05) is 67.7 Å². The van der Waals surface area contributed by atoms with Crippen LogP contribution in [0.5, 0.6) is 5.88 Å². The van der Waals surface area contributed by atoms with Gasteiger partial charge in [0.05, 0.1) is 12.8 Å². The van der Waals surface area contributed by atoms with Crippen LogP contribution in [0.15, 0.2) is 58.3 Å². The van der Waals surface area contributed by atoms with Crippen molar-refractivity contribution in [1.29, 1.82) is 0 Å². The third-order valence-corrected chi connectivity index (χ3v) is 8.89. The number of halogens is 1. The number of nitrogens with zero attached hydrogens (tertiary/aromatic N) is 3. The van der Waals surface area contributed by atoms with Crippen molar-refractivity contribution in [1.82, 2.24) is 24.8 Å².